The Hall–Kier alpha value is -1.08. The second-order valence-electron chi connectivity index (χ2n) is 7.17. The predicted molar refractivity (Wildman–Crippen MR) is 105 cm³/mol. The van der Waals surface area contributed by atoms with E-state index in [1.807, 2.05) is 0 Å². The number of nitrogens with zero attached hydrogens (tertiary/aromatic N) is 4. The van der Waals surface area contributed by atoms with Crippen LogP contribution in [0.1, 0.15) is 58.8 Å². The van der Waals surface area contributed by atoms with Gasteiger partial charge in [0, 0.05) is 0 Å². The third kappa shape index (κ3) is 12.3. The van der Waals surface area contributed by atoms with Gasteiger partial charge in [-0.3, -0.25) is 0 Å². The monoisotopic (exact) mass is 448 g/mol. The van der Waals surface area contributed by atoms with Gasteiger partial charge in [-0.1, -0.05) is 26.7 Å². The summed E-state index contributed by atoms with van der Waals surface area (Å²) in [6.45, 7) is 9.51. The molecule has 0 atom stereocenters. The van der Waals surface area contributed by atoms with Crippen molar-refractivity contribution in [2.45, 2.75) is 85.3 Å². The SMILES string of the molecule is CCCCn1cc[n+](COCCCCCOC[n+]2ccn(CCCC)c2)c1.[Cl-].[Cl-]. The summed E-state index contributed by atoms with van der Waals surface area (Å²) in [4.78, 5) is 0. The number of ether oxygens (including phenoxy) is 2. The summed E-state index contributed by atoms with van der Waals surface area (Å²) < 4.78 is 20.1. The first-order valence-electron chi connectivity index (χ1n) is 10.6. The highest BCUT2D eigenvalue weighted by Gasteiger charge is 2.04. The van der Waals surface area contributed by atoms with Gasteiger partial charge in [0.1, 0.15) is 24.8 Å². The lowest BCUT2D eigenvalue weighted by Crippen LogP contribution is -3.00. The zero-order valence-corrected chi connectivity index (χ0v) is 19.5. The molecule has 0 N–H and O–H groups in total. The smallest absolute Gasteiger partial charge is 0.245 e. The second kappa shape index (κ2) is 17.8. The van der Waals surface area contributed by atoms with Crippen molar-refractivity contribution in [1.82, 2.24) is 9.13 Å². The summed E-state index contributed by atoms with van der Waals surface area (Å²) in [5, 5.41) is 0. The first kappa shape index (κ1) is 27.9. The number of rotatable bonds is 16. The molecule has 0 aliphatic rings. The largest absolute Gasteiger partial charge is 1.00 e. The number of hydrogen-bond acceptors (Lipinski definition) is 2. The first-order chi connectivity index (χ1) is 13.3. The van der Waals surface area contributed by atoms with Gasteiger partial charge >= 0.3 is 0 Å². The zero-order chi connectivity index (χ0) is 19.2. The molecule has 6 nitrogen and oxygen atoms in total. The van der Waals surface area contributed by atoms with Crippen molar-refractivity contribution in [1.29, 1.82) is 0 Å². The molecule has 0 radical (unpaired) electrons. The molecule has 2 aromatic rings. The maximum Gasteiger partial charge on any atom is 0.245 e. The fourth-order valence-corrected chi connectivity index (χ4v) is 2.90. The van der Waals surface area contributed by atoms with E-state index in [9.17, 15) is 0 Å². The summed E-state index contributed by atoms with van der Waals surface area (Å²) in [6.07, 6.45) is 20.8. The first-order valence-corrected chi connectivity index (χ1v) is 10.6. The summed E-state index contributed by atoms with van der Waals surface area (Å²) in [5.41, 5.74) is 0. The molecule has 29 heavy (non-hydrogen) atoms. The van der Waals surface area contributed by atoms with Crippen molar-refractivity contribution in [2.75, 3.05) is 13.2 Å². The quantitative estimate of drug-likeness (QED) is 0.207. The van der Waals surface area contributed by atoms with Crippen LogP contribution in [0.5, 0.6) is 0 Å². The Labute approximate surface area is 188 Å². The second-order valence-corrected chi connectivity index (χ2v) is 7.17. The summed E-state index contributed by atoms with van der Waals surface area (Å²) >= 11 is 0. The van der Waals surface area contributed by atoms with Crippen LogP contribution in [0.15, 0.2) is 37.4 Å². The van der Waals surface area contributed by atoms with Gasteiger partial charge in [0.05, 0.1) is 26.3 Å². The maximum atomic E-state index is 5.75. The summed E-state index contributed by atoms with van der Waals surface area (Å²) in [6, 6.07) is 0. The maximum absolute atomic E-state index is 5.75. The lowest BCUT2D eigenvalue weighted by atomic mass is 10.2. The van der Waals surface area contributed by atoms with E-state index in [-0.39, 0.29) is 24.8 Å². The Morgan fingerprint density at radius 2 is 1.10 bits per heavy atom. The normalized spacial score (nSPS) is 10.6. The lowest BCUT2D eigenvalue weighted by molar-refractivity contribution is -0.732. The third-order valence-corrected chi connectivity index (χ3v) is 4.59. The molecule has 8 heteroatoms. The Balaban J connectivity index is 0.00000392. The molecular weight excluding hydrogens is 411 g/mol. The van der Waals surface area contributed by atoms with E-state index in [0.29, 0.717) is 13.5 Å². The van der Waals surface area contributed by atoms with Crippen molar-refractivity contribution >= 4 is 0 Å². The fraction of sp³-hybridized carbons (Fsp3) is 0.714. The standard InChI is InChI=1S/C21H38N4O2.2ClH/c1-3-5-10-22-12-14-24(18-22)20-26-16-8-7-9-17-27-21-25-15-13-23(19-25)11-6-4-2;;/h12-15,18-19H,3-11,16-17,20-21H2,1-2H3;2*1H/q+2;;/p-2. The number of aryl methyl sites for hydroxylation is 2. The van der Waals surface area contributed by atoms with Gasteiger partial charge in [0.25, 0.3) is 0 Å². The molecule has 2 heterocycles. The molecular formula is C21H38Cl2N4O2. The van der Waals surface area contributed by atoms with Crippen LogP contribution < -0.4 is 33.9 Å². The Morgan fingerprint density at radius 3 is 1.52 bits per heavy atom. The van der Waals surface area contributed by atoms with Gasteiger partial charge in [-0.15, -0.1) is 0 Å². The lowest BCUT2D eigenvalue weighted by Gasteiger charge is -2.03. The number of hydrogen-bond donors (Lipinski definition) is 0. The molecule has 0 aromatic carbocycles. The predicted octanol–water partition coefficient (Wildman–Crippen LogP) is -2.71. The van der Waals surface area contributed by atoms with Gasteiger partial charge in [-0.25, -0.2) is 18.3 Å². The Morgan fingerprint density at radius 1 is 0.655 bits per heavy atom. The topological polar surface area (TPSA) is 36.1 Å². The van der Waals surface area contributed by atoms with Crippen LogP contribution in [0, 0.1) is 0 Å². The van der Waals surface area contributed by atoms with Crippen LogP contribution in [-0.2, 0) is 36.0 Å². The van der Waals surface area contributed by atoms with Crippen LogP contribution in [0.2, 0.25) is 0 Å². The van der Waals surface area contributed by atoms with Crippen molar-refractivity contribution in [2.24, 2.45) is 0 Å². The van der Waals surface area contributed by atoms with Crippen LogP contribution in [0.4, 0.5) is 0 Å². The minimum absolute atomic E-state index is 0. The van der Waals surface area contributed by atoms with Crippen LogP contribution in [-0.4, -0.2) is 22.3 Å². The van der Waals surface area contributed by atoms with E-state index in [1.54, 1.807) is 0 Å². The molecule has 0 saturated heterocycles. The number of aromatic nitrogens is 4. The molecule has 0 aliphatic carbocycles. The number of imidazole rings is 2. The van der Waals surface area contributed by atoms with E-state index >= 15 is 0 Å². The van der Waals surface area contributed by atoms with Crippen molar-refractivity contribution in [3.8, 4) is 0 Å². The minimum atomic E-state index is 0. The molecule has 0 bridgehead atoms. The molecule has 168 valence electrons. The molecule has 0 fully saturated rings. The minimum Gasteiger partial charge on any atom is -1.00 e. The molecule has 0 aliphatic heterocycles. The molecule has 2 rings (SSSR count). The molecule has 0 unspecified atom stereocenters. The number of halogens is 2. The van der Waals surface area contributed by atoms with Crippen LogP contribution >= 0.6 is 0 Å². The molecule has 0 amide bonds. The fourth-order valence-electron chi connectivity index (χ4n) is 2.90. The zero-order valence-electron chi connectivity index (χ0n) is 18.0. The van der Waals surface area contributed by atoms with Crippen LogP contribution in [0.25, 0.3) is 0 Å². The Kier molecular flexibility index (Phi) is 17.1. The average Bonchev–Trinajstić information content (AvgIpc) is 3.32. The van der Waals surface area contributed by atoms with Gasteiger partial charge in [0.15, 0.2) is 13.5 Å². The van der Waals surface area contributed by atoms with Gasteiger partial charge in [-0.2, -0.15) is 0 Å². The molecule has 0 spiro atoms. The number of unbranched alkanes of at least 4 members (excludes halogenated alkanes) is 4. The molecule has 2 aromatic heterocycles. The third-order valence-electron chi connectivity index (χ3n) is 4.59. The van der Waals surface area contributed by atoms with Crippen LogP contribution in [0.3, 0.4) is 0 Å². The van der Waals surface area contributed by atoms with E-state index in [2.05, 4.69) is 69.6 Å². The van der Waals surface area contributed by atoms with E-state index < -0.39 is 0 Å². The average molecular weight is 449 g/mol. The Bertz CT molecular complexity index is 567. The summed E-state index contributed by atoms with van der Waals surface area (Å²) in [5.74, 6) is 0. The molecule has 0 saturated carbocycles. The van der Waals surface area contributed by atoms with Crippen molar-refractivity contribution < 1.29 is 43.4 Å². The van der Waals surface area contributed by atoms with Gasteiger partial charge in [0.2, 0.25) is 12.7 Å². The summed E-state index contributed by atoms with van der Waals surface area (Å²) in [7, 11) is 0. The highest BCUT2D eigenvalue weighted by atomic mass is 35.5. The van der Waals surface area contributed by atoms with Gasteiger partial charge < -0.3 is 34.3 Å². The van der Waals surface area contributed by atoms with E-state index in [1.165, 1.54) is 25.7 Å². The van der Waals surface area contributed by atoms with Crippen molar-refractivity contribution in [3.63, 3.8) is 0 Å². The van der Waals surface area contributed by atoms with E-state index in [4.69, 9.17) is 9.47 Å². The highest BCUT2D eigenvalue weighted by molar-refractivity contribution is 4.66. The highest BCUT2D eigenvalue weighted by Crippen LogP contribution is 1.98. The van der Waals surface area contributed by atoms with Crippen molar-refractivity contribution in [3.05, 3.63) is 37.4 Å². The van der Waals surface area contributed by atoms with Gasteiger partial charge in [-0.05, 0) is 32.1 Å². The van der Waals surface area contributed by atoms with E-state index in [0.717, 1.165) is 45.6 Å².